The Labute approximate surface area is 146 Å². The van der Waals surface area contributed by atoms with Gasteiger partial charge in [0, 0.05) is 16.0 Å². The van der Waals surface area contributed by atoms with Gasteiger partial charge in [-0.05, 0) is 47.9 Å². The van der Waals surface area contributed by atoms with Crippen molar-refractivity contribution in [2.75, 3.05) is 0 Å². The molecule has 3 nitrogen and oxygen atoms in total. The third kappa shape index (κ3) is 2.52. The molecule has 0 atom stereocenters. The van der Waals surface area contributed by atoms with Gasteiger partial charge in [0.15, 0.2) is 0 Å². The molecule has 5 heteroatoms. The summed E-state index contributed by atoms with van der Waals surface area (Å²) in [5.74, 6) is 0.751. The SMILES string of the molecule is O=c1c2cc(Cl)ccc2nc2n1CC/C2=C\c1ccccc1Br. The van der Waals surface area contributed by atoms with E-state index in [0.717, 1.165) is 27.9 Å². The van der Waals surface area contributed by atoms with Crippen LogP contribution in [0.5, 0.6) is 0 Å². The number of nitrogens with zero attached hydrogens (tertiary/aromatic N) is 2. The average molecular weight is 388 g/mol. The van der Waals surface area contributed by atoms with Crippen molar-refractivity contribution in [2.24, 2.45) is 0 Å². The number of rotatable bonds is 1. The first-order valence-corrected chi connectivity index (χ1v) is 8.46. The molecule has 0 saturated heterocycles. The van der Waals surface area contributed by atoms with Crippen LogP contribution in [0.15, 0.2) is 51.7 Å². The van der Waals surface area contributed by atoms with Gasteiger partial charge in [-0.2, -0.15) is 0 Å². The summed E-state index contributed by atoms with van der Waals surface area (Å²) >= 11 is 9.56. The van der Waals surface area contributed by atoms with Crippen LogP contribution in [0.3, 0.4) is 0 Å². The topological polar surface area (TPSA) is 34.9 Å². The van der Waals surface area contributed by atoms with E-state index < -0.39 is 0 Å². The number of hydrogen-bond donors (Lipinski definition) is 0. The molecular formula is C18H12BrClN2O. The van der Waals surface area contributed by atoms with Gasteiger partial charge in [0.25, 0.3) is 5.56 Å². The van der Waals surface area contributed by atoms with E-state index in [-0.39, 0.29) is 5.56 Å². The van der Waals surface area contributed by atoms with Gasteiger partial charge in [0.05, 0.1) is 10.9 Å². The largest absolute Gasteiger partial charge is 0.292 e. The molecule has 1 aliphatic heterocycles. The summed E-state index contributed by atoms with van der Waals surface area (Å²) in [6.45, 7) is 0.653. The molecule has 0 N–H and O–H groups in total. The number of aromatic nitrogens is 2. The minimum Gasteiger partial charge on any atom is -0.292 e. The number of benzene rings is 2. The zero-order chi connectivity index (χ0) is 16.0. The van der Waals surface area contributed by atoms with Gasteiger partial charge in [-0.15, -0.1) is 0 Å². The van der Waals surface area contributed by atoms with E-state index in [4.69, 9.17) is 11.6 Å². The Kier molecular flexibility index (Phi) is 3.58. The monoisotopic (exact) mass is 386 g/mol. The van der Waals surface area contributed by atoms with Crippen LogP contribution in [-0.4, -0.2) is 9.55 Å². The van der Waals surface area contributed by atoms with E-state index >= 15 is 0 Å². The van der Waals surface area contributed by atoms with Crippen molar-refractivity contribution >= 4 is 50.1 Å². The fraction of sp³-hybridized carbons (Fsp3) is 0.111. The van der Waals surface area contributed by atoms with Gasteiger partial charge in [0.1, 0.15) is 5.82 Å². The molecule has 3 aromatic rings. The Morgan fingerprint density at radius 3 is 2.87 bits per heavy atom. The van der Waals surface area contributed by atoms with Crippen LogP contribution in [0.25, 0.3) is 22.6 Å². The lowest BCUT2D eigenvalue weighted by Crippen LogP contribution is -2.20. The first-order chi connectivity index (χ1) is 11.1. The standard InChI is InChI=1S/C18H12BrClN2O/c19-15-4-2-1-3-11(15)9-12-7-8-22-17(12)21-16-6-5-13(20)10-14(16)18(22)23/h1-6,9-10H,7-8H2/b12-9+. The van der Waals surface area contributed by atoms with Crippen molar-refractivity contribution < 1.29 is 0 Å². The Hall–Kier alpha value is -1.91. The second kappa shape index (κ2) is 5.62. The number of hydrogen-bond acceptors (Lipinski definition) is 2. The first kappa shape index (κ1) is 14.7. The summed E-state index contributed by atoms with van der Waals surface area (Å²) in [5, 5.41) is 1.13. The summed E-state index contributed by atoms with van der Waals surface area (Å²) < 4.78 is 2.77. The number of fused-ring (bicyclic) bond motifs is 2. The van der Waals surface area contributed by atoms with E-state index in [1.54, 1.807) is 22.8 Å². The maximum Gasteiger partial charge on any atom is 0.261 e. The van der Waals surface area contributed by atoms with Crippen LogP contribution < -0.4 is 5.56 Å². The summed E-state index contributed by atoms with van der Waals surface area (Å²) in [5.41, 5.74) is 2.82. The molecule has 0 amide bonds. The Bertz CT molecular complexity index is 1020. The molecule has 2 heterocycles. The quantitative estimate of drug-likeness (QED) is 0.603. The third-order valence-electron chi connectivity index (χ3n) is 4.04. The molecule has 0 unspecified atom stereocenters. The molecule has 2 aromatic carbocycles. The predicted molar refractivity (Wildman–Crippen MR) is 97.6 cm³/mol. The Morgan fingerprint density at radius 2 is 2.04 bits per heavy atom. The maximum atomic E-state index is 12.7. The van der Waals surface area contributed by atoms with Crippen LogP contribution in [0.4, 0.5) is 0 Å². The van der Waals surface area contributed by atoms with Gasteiger partial charge >= 0.3 is 0 Å². The first-order valence-electron chi connectivity index (χ1n) is 7.29. The lowest BCUT2D eigenvalue weighted by atomic mass is 10.1. The van der Waals surface area contributed by atoms with Gasteiger partial charge in [-0.25, -0.2) is 4.98 Å². The molecule has 23 heavy (non-hydrogen) atoms. The van der Waals surface area contributed by atoms with Crippen molar-refractivity contribution in [3.8, 4) is 0 Å². The van der Waals surface area contributed by atoms with Crippen LogP contribution >= 0.6 is 27.5 Å². The van der Waals surface area contributed by atoms with Crippen molar-refractivity contribution in [3.05, 3.63) is 73.7 Å². The second-order valence-electron chi connectivity index (χ2n) is 5.49. The highest BCUT2D eigenvalue weighted by Gasteiger charge is 2.21. The van der Waals surface area contributed by atoms with Crippen molar-refractivity contribution in [1.29, 1.82) is 0 Å². The normalized spacial score (nSPS) is 15.3. The van der Waals surface area contributed by atoms with Gasteiger partial charge in [-0.3, -0.25) is 9.36 Å². The lowest BCUT2D eigenvalue weighted by molar-refractivity contribution is 0.725. The number of allylic oxidation sites excluding steroid dienone is 1. The summed E-state index contributed by atoms with van der Waals surface area (Å²) in [7, 11) is 0. The molecule has 0 spiro atoms. The fourth-order valence-electron chi connectivity index (χ4n) is 2.91. The van der Waals surface area contributed by atoms with E-state index in [1.807, 2.05) is 24.3 Å². The molecule has 0 bridgehead atoms. The van der Waals surface area contributed by atoms with Crippen LogP contribution in [0, 0.1) is 0 Å². The highest BCUT2D eigenvalue weighted by molar-refractivity contribution is 9.10. The average Bonchev–Trinajstić information content (AvgIpc) is 2.94. The summed E-state index contributed by atoms with van der Waals surface area (Å²) in [4.78, 5) is 17.4. The fourth-order valence-corrected chi connectivity index (χ4v) is 3.48. The lowest BCUT2D eigenvalue weighted by Gasteiger charge is -2.06. The van der Waals surface area contributed by atoms with Crippen LogP contribution in [0.1, 0.15) is 17.8 Å². The summed E-state index contributed by atoms with van der Waals surface area (Å²) in [6, 6.07) is 13.3. The highest BCUT2D eigenvalue weighted by atomic mass is 79.9. The highest BCUT2D eigenvalue weighted by Crippen LogP contribution is 2.29. The maximum absolute atomic E-state index is 12.7. The van der Waals surface area contributed by atoms with Crippen molar-refractivity contribution in [3.63, 3.8) is 0 Å². The third-order valence-corrected chi connectivity index (χ3v) is 5.00. The van der Waals surface area contributed by atoms with Crippen LogP contribution in [0.2, 0.25) is 5.02 Å². The zero-order valence-electron chi connectivity index (χ0n) is 12.1. The van der Waals surface area contributed by atoms with Gasteiger partial charge in [-0.1, -0.05) is 45.7 Å². The Balaban J connectivity index is 1.93. The molecule has 0 saturated carbocycles. The van der Waals surface area contributed by atoms with Crippen LogP contribution in [-0.2, 0) is 6.54 Å². The van der Waals surface area contributed by atoms with E-state index in [0.29, 0.717) is 22.5 Å². The second-order valence-corrected chi connectivity index (χ2v) is 6.79. The molecule has 1 aromatic heterocycles. The molecular weight excluding hydrogens is 376 g/mol. The molecule has 114 valence electrons. The zero-order valence-corrected chi connectivity index (χ0v) is 14.4. The minimum absolute atomic E-state index is 0.0250. The predicted octanol–water partition coefficient (Wildman–Crippen LogP) is 4.76. The molecule has 0 radical (unpaired) electrons. The molecule has 1 aliphatic rings. The molecule has 0 fully saturated rings. The van der Waals surface area contributed by atoms with E-state index in [1.165, 1.54) is 0 Å². The number of halogens is 2. The molecule has 0 aliphatic carbocycles. The van der Waals surface area contributed by atoms with Crippen molar-refractivity contribution in [2.45, 2.75) is 13.0 Å². The smallest absolute Gasteiger partial charge is 0.261 e. The summed E-state index contributed by atoms with van der Waals surface area (Å²) in [6.07, 6.45) is 2.89. The van der Waals surface area contributed by atoms with Gasteiger partial charge < -0.3 is 0 Å². The molecule has 4 rings (SSSR count). The van der Waals surface area contributed by atoms with E-state index in [9.17, 15) is 4.79 Å². The van der Waals surface area contributed by atoms with E-state index in [2.05, 4.69) is 27.0 Å². The van der Waals surface area contributed by atoms with Gasteiger partial charge in [0.2, 0.25) is 0 Å². The minimum atomic E-state index is -0.0250. The van der Waals surface area contributed by atoms with Crippen molar-refractivity contribution in [1.82, 2.24) is 9.55 Å². The Morgan fingerprint density at radius 1 is 1.22 bits per heavy atom.